The molecule has 0 spiro atoms. The molecule has 0 amide bonds. The van der Waals surface area contributed by atoms with Crippen LogP contribution in [0.3, 0.4) is 0 Å². The van der Waals surface area contributed by atoms with Gasteiger partial charge in [0.05, 0.1) is 0 Å². The third-order valence-corrected chi connectivity index (χ3v) is 6.92. The summed E-state index contributed by atoms with van der Waals surface area (Å²) in [4.78, 5) is 0. The molecule has 2 N–H and O–H groups in total. The van der Waals surface area contributed by atoms with Crippen LogP contribution < -0.4 is 0 Å². The van der Waals surface area contributed by atoms with E-state index in [0.29, 0.717) is 23.9 Å². The number of rotatable bonds is 12. The monoisotopic (exact) mass is 516 g/mol. The minimum absolute atomic E-state index is 0.267. The molecule has 4 aromatic carbocycles. The summed E-state index contributed by atoms with van der Waals surface area (Å²) in [6.07, 6.45) is 2.17. The first-order valence-electron chi connectivity index (χ1n) is 13.3. The molecule has 2 atom stereocenters. The largest absolute Gasteiger partial charge is 0.319 e. The average Bonchev–Trinajstić information content (AvgIpc) is 2.91. The van der Waals surface area contributed by atoms with Crippen molar-refractivity contribution in [3.8, 4) is 0 Å². The predicted molar refractivity (Wildman–Crippen MR) is 160 cm³/mol. The van der Waals surface area contributed by atoms with Crippen molar-refractivity contribution >= 4 is 25.8 Å². The quantitative estimate of drug-likeness (QED) is 0.109. The van der Waals surface area contributed by atoms with Gasteiger partial charge in [0.2, 0.25) is 0 Å². The maximum Gasteiger partial charge on any atom is 0.172 e. The molecule has 39 heavy (non-hydrogen) atoms. The van der Waals surface area contributed by atoms with Crippen LogP contribution in [-0.4, -0.2) is 25.8 Å². The van der Waals surface area contributed by atoms with Crippen LogP contribution >= 0.6 is 0 Å². The smallest absolute Gasteiger partial charge is 0.172 e. The summed E-state index contributed by atoms with van der Waals surface area (Å²) in [6, 6.07) is 29.0. The van der Waals surface area contributed by atoms with Crippen molar-refractivity contribution in [2.45, 2.75) is 44.7 Å². The van der Waals surface area contributed by atoms with Gasteiger partial charge >= 0.3 is 0 Å². The van der Waals surface area contributed by atoms with E-state index in [1.54, 1.807) is 24.3 Å². The third-order valence-electron chi connectivity index (χ3n) is 6.92. The fourth-order valence-electron chi connectivity index (χ4n) is 4.98. The van der Waals surface area contributed by atoms with Gasteiger partial charge in [-0.3, -0.25) is 0 Å². The van der Waals surface area contributed by atoms with Crippen LogP contribution in [0.2, 0.25) is 12.6 Å². The molecule has 4 rings (SSSR count). The van der Waals surface area contributed by atoms with Gasteiger partial charge in [0.1, 0.15) is 11.6 Å². The predicted octanol–water partition coefficient (Wildman–Crippen LogP) is 8.14. The maximum atomic E-state index is 13.6. The summed E-state index contributed by atoms with van der Waals surface area (Å²) in [5.74, 6) is -1.12. The van der Waals surface area contributed by atoms with E-state index in [-0.39, 0.29) is 23.5 Å². The molecule has 0 fully saturated rings. The molecule has 0 saturated carbocycles. The number of nitrogens with one attached hydrogen (secondary N) is 2. The highest BCUT2D eigenvalue weighted by Crippen LogP contribution is 2.29. The summed E-state index contributed by atoms with van der Waals surface area (Å²) >= 11 is 0. The number of hydrogen-bond donors (Lipinski definition) is 2. The van der Waals surface area contributed by atoms with Crippen molar-refractivity contribution in [2.75, 3.05) is 0 Å². The molecule has 2 unspecified atom stereocenters. The molecule has 2 radical (unpaired) electrons. The number of benzene rings is 4. The zero-order chi connectivity index (χ0) is 27.8. The van der Waals surface area contributed by atoms with Crippen LogP contribution in [0.1, 0.15) is 51.6 Å². The van der Waals surface area contributed by atoms with Gasteiger partial charge in [0.15, 0.2) is 14.6 Å². The van der Waals surface area contributed by atoms with Gasteiger partial charge in [-0.15, -0.1) is 0 Å². The van der Waals surface area contributed by atoms with Gasteiger partial charge in [0, 0.05) is 11.8 Å². The highest BCUT2D eigenvalue weighted by molar-refractivity contribution is 6.77. The minimum Gasteiger partial charge on any atom is -0.319 e. The molecule has 0 aliphatic rings. The number of halogens is 2. The Balaban J connectivity index is 1.39. The Kier molecular flexibility index (Phi) is 9.64. The highest BCUT2D eigenvalue weighted by atomic mass is 19.1. The van der Waals surface area contributed by atoms with Crippen molar-refractivity contribution in [2.24, 2.45) is 0 Å². The molecule has 194 valence electrons. The first-order valence-corrected chi connectivity index (χ1v) is 13.3. The molecule has 0 aromatic heterocycles. The molecule has 0 heterocycles. The molecule has 0 aliphatic carbocycles. The van der Waals surface area contributed by atoms with Gasteiger partial charge in [0.25, 0.3) is 0 Å². The topological polar surface area (TPSA) is 47.7 Å². The molecule has 4 aromatic rings. The lowest BCUT2D eigenvalue weighted by Gasteiger charge is -2.21. The highest BCUT2D eigenvalue weighted by Gasteiger charge is 2.22. The zero-order valence-corrected chi connectivity index (χ0v) is 22.4. The second-order valence-corrected chi connectivity index (χ2v) is 10.0. The van der Waals surface area contributed by atoms with Crippen molar-refractivity contribution in [1.29, 1.82) is 10.8 Å². The molecule has 2 nitrogen and oxygen atoms in total. The summed E-state index contributed by atoms with van der Waals surface area (Å²) in [7, 11) is 3.87. The van der Waals surface area contributed by atoms with E-state index in [9.17, 15) is 8.78 Å². The Bertz CT molecular complexity index is 1310. The average molecular weight is 516 g/mol. The molecule has 0 saturated heterocycles. The number of hydrogen-bond acceptors (Lipinski definition) is 2. The van der Waals surface area contributed by atoms with Gasteiger partial charge in [-0.2, -0.15) is 0 Å². The van der Waals surface area contributed by atoms with Gasteiger partial charge in [-0.25, -0.2) is 8.78 Å². The van der Waals surface area contributed by atoms with Gasteiger partial charge in [-0.05, 0) is 71.6 Å². The van der Waals surface area contributed by atoms with E-state index >= 15 is 0 Å². The van der Waals surface area contributed by atoms with E-state index in [1.165, 1.54) is 24.3 Å². The Morgan fingerprint density at radius 1 is 0.590 bits per heavy atom. The Morgan fingerprint density at radius 2 is 0.974 bits per heavy atom. The SMILES string of the molecule is Cc1cccc(C(C(=N)[B]CCC[B]C(=N)C(c2ccc(F)cc2)c2cccc(C)c2)c2ccc(F)cc2)c1. The third kappa shape index (κ3) is 7.63. The Morgan fingerprint density at radius 3 is 1.33 bits per heavy atom. The summed E-state index contributed by atoms with van der Waals surface area (Å²) < 4.78 is 27.2. The van der Waals surface area contributed by atoms with E-state index in [4.69, 9.17) is 10.8 Å². The lowest BCUT2D eigenvalue weighted by molar-refractivity contribution is 0.626. The Hall–Kier alpha value is -3.79. The Labute approximate surface area is 232 Å². The normalized spacial score (nSPS) is 12.4. The second-order valence-electron chi connectivity index (χ2n) is 10.0. The van der Waals surface area contributed by atoms with Crippen molar-refractivity contribution in [1.82, 2.24) is 0 Å². The fraction of sp³-hybridized carbons (Fsp3) is 0.212. The van der Waals surface area contributed by atoms with Crippen LogP contribution in [0.5, 0.6) is 0 Å². The first-order chi connectivity index (χ1) is 18.8. The second kappa shape index (κ2) is 13.3. The number of aryl methyl sites for hydroxylation is 2. The van der Waals surface area contributed by atoms with E-state index in [2.05, 4.69) is 12.1 Å². The van der Waals surface area contributed by atoms with Crippen LogP contribution in [-0.2, 0) is 0 Å². The first kappa shape index (κ1) is 28.2. The lowest BCUT2D eigenvalue weighted by atomic mass is 9.57. The fourth-order valence-corrected chi connectivity index (χ4v) is 4.98. The van der Waals surface area contributed by atoms with Crippen molar-refractivity contribution in [3.63, 3.8) is 0 Å². The summed E-state index contributed by atoms with van der Waals surface area (Å²) in [6.45, 7) is 4.05. The molecule has 0 aliphatic heterocycles. The van der Waals surface area contributed by atoms with Crippen LogP contribution in [0, 0.1) is 36.3 Å². The van der Waals surface area contributed by atoms with Crippen LogP contribution in [0.4, 0.5) is 8.78 Å². The summed E-state index contributed by atoms with van der Waals surface area (Å²) in [5.41, 5.74) is 6.98. The van der Waals surface area contributed by atoms with Crippen LogP contribution in [0.25, 0.3) is 0 Å². The van der Waals surface area contributed by atoms with E-state index < -0.39 is 0 Å². The van der Waals surface area contributed by atoms with E-state index in [1.807, 2.05) is 64.8 Å². The molecular weight excluding hydrogens is 484 g/mol. The lowest BCUT2D eigenvalue weighted by Crippen LogP contribution is -2.21. The standard InChI is InChI=1S/C33H32B2F2N2/c1-22-6-3-8-26(20-22)30(24-10-14-28(36)15-11-24)32(38)34-18-5-19-35-33(39)31(25-12-16-29(37)17-13-25)27-9-4-7-23(2)21-27/h3-4,6-17,20-21,30-31,38-39H,5,18-19H2,1-2H3. The molecule has 6 heteroatoms. The molecule has 0 bridgehead atoms. The maximum absolute atomic E-state index is 13.6. The van der Waals surface area contributed by atoms with E-state index in [0.717, 1.165) is 39.8 Å². The minimum atomic E-state index is -0.292. The van der Waals surface area contributed by atoms with Gasteiger partial charge in [-0.1, -0.05) is 103 Å². The van der Waals surface area contributed by atoms with Crippen LogP contribution in [0.15, 0.2) is 97.1 Å². The summed E-state index contributed by atoms with van der Waals surface area (Å²) in [5, 5.41) is 17.7. The zero-order valence-electron chi connectivity index (χ0n) is 22.4. The van der Waals surface area contributed by atoms with Crippen molar-refractivity contribution < 1.29 is 8.78 Å². The molecular formula is C33H32B2F2N2. The van der Waals surface area contributed by atoms with Gasteiger partial charge < -0.3 is 10.8 Å². The van der Waals surface area contributed by atoms with Crippen molar-refractivity contribution in [3.05, 3.63) is 142 Å².